The van der Waals surface area contributed by atoms with Crippen molar-refractivity contribution in [3.05, 3.63) is 102 Å². The number of alkyl halides is 3. The average Bonchev–Trinajstić information content (AvgIpc) is 3.34. The smallest absolute Gasteiger partial charge is 0.382 e. The van der Waals surface area contributed by atoms with Crippen molar-refractivity contribution in [2.45, 2.75) is 13.1 Å². The van der Waals surface area contributed by atoms with Crippen LogP contribution in [0.4, 0.5) is 24.7 Å². The second-order valence-corrected chi connectivity index (χ2v) is 8.31. The molecular formula is C27H18F3N7O. The maximum atomic E-state index is 13.5. The molecule has 3 N–H and O–H groups in total. The fourth-order valence-corrected chi connectivity index (χ4v) is 3.72. The highest BCUT2D eigenvalue weighted by molar-refractivity contribution is 6.04. The number of anilines is 2. The predicted molar refractivity (Wildman–Crippen MR) is 135 cm³/mol. The molecular weight excluding hydrogens is 495 g/mol. The molecule has 1 aromatic carbocycles. The molecule has 4 aromatic heterocycles. The zero-order chi connectivity index (χ0) is 26.9. The number of nitrogens with two attached hydrogens (primary N) is 1. The van der Waals surface area contributed by atoms with E-state index in [0.717, 1.165) is 17.5 Å². The largest absolute Gasteiger partial charge is 0.416 e. The van der Waals surface area contributed by atoms with Crippen LogP contribution in [0.25, 0.3) is 16.6 Å². The number of rotatable bonds is 3. The van der Waals surface area contributed by atoms with E-state index in [1.54, 1.807) is 25.4 Å². The zero-order valence-electron chi connectivity index (χ0n) is 19.8. The van der Waals surface area contributed by atoms with Gasteiger partial charge in [0.25, 0.3) is 5.91 Å². The van der Waals surface area contributed by atoms with Gasteiger partial charge in [-0.1, -0.05) is 11.8 Å². The van der Waals surface area contributed by atoms with Gasteiger partial charge in [0.1, 0.15) is 11.3 Å². The van der Waals surface area contributed by atoms with Crippen molar-refractivity contribution in [1.82, 2.24) is 24.5 Å². The molecule has 11 heteroatoms. The van der Waals surface area contributed by atoms with E-state index in [1.807, 2.05) is 6.07 Å². The number of nitrogens with one attached hydrogen (secondary N) is 1. The Hall–Kier alpha value is -5.24. The van der Waals surface area contributed by atoms with E-state index in [9.17, 15) is 18.0 Å². The Bertz CT molecular complexity index is 1750. The summed E-state index contributed by atoms with van der Waals surface area (Å²) in [6, 6.07) is 8.36. The summed E-state index contributed by atoms with van der Waals surface area (Å²) in [4.78, 5) is 29.4. The molecule has 0 fully saturated rings. The standard InChI is InChI=1S/C27H18F3N7O/c1-16-14-37(15-35-16)22-9-20(27(28,29)30)8-21(10-22)36-26(38)19-7-17(11-32-12-19)4-5-18-13-34-25(31)24-23(18)3-2-6-33-24/h2-3,6-15H,1H3,(H2,31,34)(H,36,38). The molecule has 0 radical (unpaired) electrons. The van der Waals surface area contributed by atoms with E-state index >= 15 is 0 Å². The maximum Gasteiger partial charge on any atom is 0.416 e. The van der Waals surface area contributed by atoms with Gasteiger partial charge in [0, 0.05) is 53.3 Å². The van der Waals surface area contributed by atoms with Gasteiger partial charge < -0.3 is 15.6 Å². The molecule has 0 saturated heterocycles. The number of benzene rings is 1. The van der Waals surface area contributed by atoms with Gasteiger partial charge in [0.2, 0.25) is 0 Å². The summed E-state index contributed by atoms with van der Waals surface area (Å²) < 4.78 is 42.1. The first-order chi connectivity index (χ1) is 18.2. The van der Waals surface area contributed by atoms with E-state index in [-0.39, 0.29) is 22.8 Å². The molecule has 5 rings (SSSR count). The van der Waals surface area contributed by atoms with Crippen LogP contribution in [-0.4, -0.2) is 30.4 Å². The second-order valence-electron chi connectivity index (χ2n) is 8.31. The van der Waals surface area contributed by atoms with Crippen molar-refractivity contribution in [1.29, 1.82) is 0 Å². The van der Waals surface area contributed by atoms with Gasteiger partial charge in [-0.15, -0.1) is 0 Å². The van der Waals surface area contributed by atoms with Crippen molar-refractivity contribution < 1.29 is 18.0 Å². The predicted octanol–water partition coefficient (Wildman–Crippen LogP) is 4.77. The van der Waals surface area contributed by atoms with Gasteiger partial charge in [-0.25, -0.2) is 9.97 Å². The fraction of sp³-hybridized carbons (Fsp3) is 0.0741. The molecule has 0 saturated carbocycles. The second kappa shape index (κ2) is 9.67. The molecule has 0 atom stereocenters. The van der Waals surface area contributed by atoms with Crippen LogP contribution < -0.4 is 11.1 Å². The Labute approximate surface area is 214 Å². The first kappa shape index (κ1) is 24.5. The number of hydrogen-bond donors (Lipinski definition) is 2. The average molecular weight is 513 g/mol. The molecule has 38 heavy (non-hydrogen) atoms. The number of halogens is 3. The number of nitrogens with zero attached hydrogens (tertiary/aromatic N) is 5. The normalized spacial score (nSPS) is 11.2. The third kappa shape index (κ3) is 5.15. The molecule has 0 aliphatic heterocycles. The summed E-state index contributed by atoms with van der Waals surface area (Å²) >= 11 is 0. The molecule has 5 aromatic rings. The van der Waals surface area contributed by atoms with Crippen molar-refractivity contribution in [3.63, 3.8) is 0 Å². The first-order valence-electron chi connectivity index (χ1n) is 11.2. The van der Waals surface area contributed by atoms with Crippen LogP contribution in [0.2, 0.25) is 0 Å². The van der Waals surface area contributed by atoms with Gasteiger partial charge in [-0.2, -0.15) is 13.2 Å². The molecule has 0 unspecified atom stereocenters. The summed E-state index contributed by atoms with van der Waals surface area (Å²) in [7, 11) is 0. The Balaban J connectivity index is 1.43. The third-order valence-electron chi connectivity index (χ3n) is 5.53. The highest BCUT2D eigenvalue weighted by atomic mass is 19.4. The number of nitrogen functional groups attached to an aromatic ring is 1. The summed E-state index contributed by atoms with van der Waals surface area (Å²) in [5.41, 5.74) is 7.43. The highest BCUT2D eigenvalue weighted by Gasteiger charge is 2.31. The van der Waals surface area contributed by atoms with Crippen molar-refractivity contribution in [2.24, 2.45) is 0 Å². The number of hydrogen-bond acceptors (Lipinski definition) is 6. The van der Waals surface area contributed by atoms with Crippen LogP contribution in [0.1, 0.15) is 32.7 Å². The molecule has 188 valence electrons. The van der Waals surface area contributed by atoms with E-state index < -0.39 is 17.6 Å². The monoisotopic (exact) mass is 513 g/mol. The van der Waals surface area contributed by atoms with Gasteiger partial charge in [0.05, 0.1) is 28.7 Å². The lowest BCUT2D eigenvalue weighted by Crippen LogP contribution is -2.14. The Kier molecular flexibility index (Phi) is 6.22. The number of carbonyl (C=O) groups excluding carboxylic acids is 1. The lowest BCUT2D eigenvalue weighted by atomic mass is 10.1. The van der Waals surface area contributed by atoms with Gasteiger partial charge in [-0.3, -0.25) is 14.8 Å². The van der Waals surface area contributed by atoms with Crippen LogP contribution in [-0.2, 0) is 6.18 Å². The van der Waals surface area contributed by atoms with Crippen LogP contribution in [0.3, 0.4) is 0 Å². The third-order valence-corrected chi connectivity index (χ3v) is 5.53. The van der Waals surface area contributed by atoms with E-state index in [1.165, 1.54) is 41.6 Å². The minimum Gasteiger partial charge on any atom is -0.382 e. The molecule has 0 bridgehead atoms. The van der Waals surface area contributed by atoms with E-state index in [4.69, 9.17) is 5.73 Å². The number of aromatic nitrogens is 5. The van der Waals surface area contributed by atoms with Crippen LogP contribution in [0.5, 0.6) is 0 Å². The van der Waals surface area contributed by atoms with Crippen LogP contribution in [0.15, 0.2) is 73.7 Å². The van der Waals surface area contributed by atoms with Gasteiger partial charge >= 0.3 is 6.18 Å². The Morgan fingerprint density at radius 2 is 1.89 bits per heavy atom. The minimum absolute atomic E-state index is 0.0328. The van der Waals surface area contributed by atoms with Gasteiger partial charge in [-0.05, 0) is 43.3 Å². The van der Waals surface area contributed by atoms with Crippen LogP contribution >= 0.6 is 0 Å². The number of aryl methyl sites for hydroxylation is 1. The summed E-state index contributed by atoms with van der Waals surface area (Å²) in [6.45, 7) is 1.72. The highest BCUT2D eigenvalue weighted by Crippen LogP contribution is 2.33. The first-order valence-corrected chi connectivity index (χ1v) is 11.2. The molecule has 4 heterocycles. The molecule has 0 aliphatic rings. The molecule has 1 amide bonds. The summed E-state index contributed by atoms with van der Waals surface area (Å²) in [5, 5.41) is 3.25. The minimum atomic E-state index is -4.61. The maximum absolute atomic E-state index is 13.5. The van der Waals surface area contributed by atoms with Crippen molar-refractivity contribution >= 4 is 28.3 Å². The lowest BCUT2D eigenvalue weighted by Gasteiger charge is -2.13. The van der Waals surface area contributed by atoms with Crippen molar-refractivity contribution in [3.8, 4) is 17.5 Å². The molecule has 0 spiro atoms. The quantitative estimate of drug-likeness (QED) is 0.336. The number of fused-ring (bicyclic) bond motifs is 1. The Morgan fingerprint density at radius 3 is 2.66 bits per heavy atom. The van der Waals surface area contributed by atoms with Gasteiger partial charge in [0.15, 0.2) is 0 Å². The topological polar surface area (TPSA) is 112 Å². The SMILES string of the molecule is Cc1cn(-c2cc(NC(=O)c3cncc(C#Cc4cnc(N)c5ncccc45)c3)cc(C(F)(F)F)c2)cn1. The number of carbonyl (C=O) groups is 1. The number of imidazole rings is 1. The molecule has 0 aliphatic carbocycles. The van der Waals surface area contributed by atoms with E-state index in [0.29, 0.717) is 22.3 Å². The number of amides is 1. The summed E-state index contributed by atoms with van der Waals surface area (Å²) in [6.07, 6.45) is 4.29. The lowest BCUT2D eigenvalue weighted by molar-refractivity contribution is -0.137. The van der Waals surface area contributed by atoms with Crippen LogP contribution in [0, 0.1) is 18.8 Å². The molecule has 8 nitrogen and oxygen atoms in total. The van der Waals surface area contributed by atoms with Crippen molar-refractivity contribution in [2.75, 3.05) is 11.1 Å². The van der Waals surface area contributed by atoms with E-state index in [2.05, 4.69) is 37.1 Å². The zero-order valence-corrected chi connectivity index (χ0v) is 19.8. The Morgan fingerprint density at radius 1 is 1.05 bits per heavy atom. The fourth-order valence-electron chi connectivity index (χ4n) is 3.72. The summed E-state index contributed by atoms with van der Waals surface area (Å²) in [5.74, 6) is 5.56. The number of pyridine rings is 3.